The molecule has 1 unspecified atom stereocenters. The summed E-state index contributed by atoms with van der Waals surface area (Å²) in [6.07, 6.45) is 9.69. The van der Waals surface area contributed by atoms with Crippen LogP contribution in [0.2, 0.25) is 0 Å². The highest BCUT2D eigenvalue weighted by atomic mass is 16.5. The molecule has 92 valence electrons. The summed E-state index contributed by atoms with van der Waals surface area (Å²) in [7, 11) is 0. The molecule has 0 aliphatic carbocycles. The van der Waals surface area contributed by atoms with Crippen molar-refractivity contribution in [1.82, 2.24) is 0 Å². The number of unbranched alkanes of at least 4 members (excludes halogenated alkanes) is 3. The molecule has 0 bridgehead atoms. The van der Waals surface area contributed by atoms with E-state index in [1.807, 2.05) is 6.08 Å². The summed E-state index contributed by atoms with van der Waals surface area (Å²) in [5.41, 5.74) is 3.15. The van der Waals surface area contributed by atoms with Crippen LogP contribution in [0.1, 0.15) is 52.4 Å². The molecule has 1 aliphatic rings. The fourth-order valence-corrected chi connectivity index (χ4v) is 2.37. The van der Waals surface area contributed by atoms with Crippen LogP contribution >= 0.6 is 0 Å². The van der Waals surface area contributed by atoms with Crippen molar-refractivity contribution in [3.8, 4) is 0 Å². The number of hydrogen-bond acceptors (Lipinski definition) is 1. The van der Waals surface area contributed by atoms with Gasteiger partial charge in [0.05, 0.1) is 13.2 Å². The standard InChI is InChI=1S/C15H26O/c1-4-6-7-8-10-14(9-5-2)15-12-16-11-13(15)3/h5,13H,2,4,6-12H2,1,3H3/b15-14+. The Morgan fingerprint density at radius 3 is 2.81 bits per heavy atom. The van der Waals surface area contributed by atoms with Crippen molar-refractivity contribution in [2.75, 3.05) is 13.2 Å². The minimum absolute atomic E-state index is 0.626. The first-order valence-electron chi connectivity index (χ1n) is 6.69. The van der Waals surface area contributed by atoms with E-state index in [4.69, 9.17) is 4.74 Å². The fourth-order valence-electron chi connectivity index (χ4n) is 2.37. The van der Waals surface area contributed by atoms with Crippen molar-refractivity contribution in [3.63, 3.8) is 0 Å². The molecule has 1 aliphatic heterocycles. The highest BCUT2D eigenvalue weighted by Crippen LogP contribution is 2.27. The van der Waals surface area contributed by atoms with Gasteiger partial charge in [-0.15, -0.1) is 6.58 Å². The minimum atomic E-state index is 0.626. The van der Waals surface area contributed by atoms with Gasteiger partial charge in [-0.25, -0.2) is 0 Å². The van der Waals surface area contributed by atoms with Gasteiger partial charge in [-0.1, -0.05) is 44.8 Å². The molecule has 16 heavy (non-hydrogen) atoms. The molecule has 1 rings (SSSR count). The minimum Gasteiger partial charge on any atom is -0.376 e. The molecule has 0 aromatic carbocycles. The molecule has 0 amide bonds. The third-order valence-electron chi connectivity index (χ3n) is 3.40. The van der Waals surface area contributed by atoms with Crippen LogP contribution in [0, 0.1) is 5.92 Å². The first-order valence-corrected chi connectivity index (χ1v) is 6.69. The first-order chi connectivity index (χ1) is 7.79. The Kier molecular flexibility index (Phi) is 6.47. The molecule has 1 fully saturated rings. The Morgan fingerprint density at radius 2 is 2.25 bits per heavy atom. The molecular formula is C15H26O. The van der Waals surface area contributed by atoms with E-state index in [1.54, 1.807) is 11.1 Å². The van der Waals surface area contributed by atoms with Gasteiger partial charge in [0.25, 0.3) is 0 Å². The largest absolute Gasteiger partial charge is 0.376 e. The van der Waals surface area contributed by atoms with Crippen LogP contribution in [0.4, 0.5) is 0 Å². The maximum absolute atomic E-state index is 5.53. The van der Waals surface area contributed by atoms with Crippen molar-refractivity contribution < 1.29 is 4.74 Å². The van der Waals surface area contributed by atoms with Crippen molar-refractivity contribution in [3.05, 3.63) is 23.8 Å². The number of rotatable bonds is 7. The lowest BCUT2D eigenvalue weighted by Crippen LogP contribution is -2.00. The van der Waals surface area contributed by atoms with Crippen molar-refractivity contribution in [2.45, 2.75) is 52.4 Å². The average molecular weight is 222 g/mol. The topological polar surface area (TPSA) is 9.23 Å². The molecule has 1 heteroatoms. The maximum atomic E-state index is 5.53. The second kappa shape index (κ2) is 7.67. The predicted molar refractivity (Wildman–Crippen MR) is 70.6 cm³/mol. The molecule has 0 saturated carbocycles. The molecule has 1 saturated heterocycles. The predicted octanol–water partition coefficient (Wildman–Crippen LogP) is 4.50. The molecular weight excluding hydrogens is 196 g/mol. The van der Waals surface area contributed by atoms with Gasteiger partial charge in [0.2, 0.25) is 0 Å². The van der Waals surface area contributed by atoms with Crippen LogP contribution in [-0.4, -0.2) is 13.2 Å². The Hall–Kier alpha value is -0.560. The summed E-state index contributed by atoms with van der Waals surface area (Å²) in [6.45, 7) is 10.2. The van der Waals surface area contributed by atoms with Gasteiger partial charge in [0.15, 0.2) is 0 Å². The monoisotopic (exact) mass is 222 g/mol. The molecule has 0 aromatic rings. The zero-order chi connectivity index (χ0) is 11.8. The third-order valence-corrected chi connectivity index (χ3v) is 3.40. The normalized spacial score (nSPS) is 23.5. The smallest absolute Gasteiger partial charge is 0.0683 e. The highest BCUT2D eigenvalue weighted by molar-refractivity contribution is 5.21. The van der Waals surface area contributed by atoms with Crippen LogP contribution in [-0.2, 0) is 4.74 Å². The number of ether oxygens (including phenoxy) is 1. The van der Waals surface area contributed by atoms with E-state index in [9.17, 15) is 0 Å². The number of hydrogen-bond donors (Lipinski definition) is 0. The molecule has 1 nitrogen and oxygen atoms in total. The van der Waals surface area contributed by atoms with Crippen LogP contribution in [0.15, 0.2) is 23.8 Å². The SMILES string of the molecule is C=CC/C(CCCCCC)=C1/COCC1C. The summed E-state index contributed by atoms with van der Waals surface area (Å²) >= 11 is 0. The maximum Gasteiger partial charge on any atom is 0.0683 e. The summed E-state index contributed by atoms with van der Waals surface area (Å²) < 4.78 is 5.53. The molecule has 1 atom stereocenters. The van der Waals surface area contributed by atoms with Crippen LogP contribution in [0.5, 0.6) is 0 Å². The number of allylic oxidation sites excluding steroid dienone is 2. The lowest BCUT2D eigenvalue weighted by atomic mass is 9.93. The van der Waals surface area contributed by atoms with E-state index >= 15 is 0 Å². The van der Waals surface area contributed by atoms with Gasteiger partial charge < -0.3 is 4.74 Å². The highest BCUT2D eigenvalue weighted by Gasteiger charge is 2.19. The van der Waals surface area contributed by atoms with E-state index in [0.717, 1.165) is 19.6 Å². The van der Waals surface area contributed by atoms with Gasteiger partial charge >= 0.3 is 0 Å². The second-order valence-corrected chi connectivity index (χ2v) is 4.85. The van der Waals surface area contributed by atoms with Gasteiger partial charge in [-0.2, -0.15) is 0 Å². The van der Waals surface area contributed by atoms with Gasteiger partial charge in [-0.05, 0) is 24.8 Å². The fraction of sp³-hybridized carbons (Fsp3) is 0.733. The Labute approximate surface area is 101 Å². The Morgan fingerprint density at radius 1 is 1.44 bits per heavy atom. The van der Waals surface area contributed by atoms with Crippen LogP contribution in [0.3, 0.4) is 0 Å². The summed E-state index contributed by atoms with van der Waals surface area (Å²) in [6, 6.07) is 0. The molecule has 0 aromatic heterocycles. The van der Waals surface area contributed by atoms with Crippen molar-refractivity contribution >= 4 is 0 Å². The van der Waals surface area contributed by atoms with Crippen LogP contribution in [0.25, 0.3) is 0 Å². The Bertz CT molecular complexity index is 240. The van der Waals surface area contributed by atoms with Gasteiger partial charge in [0, 0.05) is 5.92 Å². The van der Waals surface area contributed by atoms with Crippen LogP contribution < -0.4 is 0 Å². The Balaban J connectivity index is 2.49. The summed E-state index contributed by atoms with van der Waals surface area (Å²) in [5, 5.41) is 0. The molecule has 1 heterocycles. The van der Waals surface area contributed by atoms with E-state index in [2.05, 4.69) is 20.4 Å². The zero-order valence-electron chi connectivity index (χ0n) is 10.9. The zero-order valence-corrected chi connectivity index (χ0v) is 10.9. The summed E-state index contributed by atoms with van der Waals surface area (Å²) in [5.74, 6) is 0.626. The third kappa shape index (κ3) is 4.13. The van der Waals surface area contributed by atoms with E-state index in [-0.39, 0.29) is 0 Å². The average Bonchev–Trinajstić information content (AvgIpc) is 2.69. The van der Waals surface area contributed by atoms with Gasteiger partial charge in [-0.3, -0.25) is 0 Å². The van der Waals surface area contributed by atoms with E-state index < -0.39 is 0 Å². The quantitative estimate of drug-likeness (QED) is 0.455. The lowest BCUT2D eigenvalue weighted by Gasteiger charge is -2.12. The molecule has 0 radical (unpaired) electrons. The van der Waals surface area contributed by atoms with Crippen molar-refractivity contribution in [2.24, 2.45) is 5.92 Å². The van der Waals surface area contributed by atoms with Gasteiger partial charge in [0.1, 0.15) is 0 Å². The second-order valence-electron chi connectivity index (χ2n) is 4.85. The first kappa shape index (κ1) is 13.5. The van der Waals surface area contributed by atoms with E-state index in [1.165, 1.54) is 32.1 Å². The summed E-state index contributed by atoms with van der Waals surface area (Å²) in [4.78, 5) is 0. The lowest BCUT2D eigenvalue weighted by molar-refractivity contribution is 0.191. The molecule has 0 N–H and O–H groups in total. The van der Waals surface area contributed by atoms with Crippen molar-refractivity contribution in [1.29, 1.82) is 0 Å². The molecule has 0 spiro atoms. The van der Waals surface area contributed by atoms with E-state index in [0.29, 0.717) is 5.92 Å².